The van der Waals surface area contributed by atoms with Gasteiger partial charge in [-0.2, -0.15) is 0 Å². The molecule has 5 nitrogen and oxygen atoms in total. The van der Waals surface area contributed by atoms with Crippen molar-refractivity contribution in [1.82, 2.24) is 4.98 Å². The number of aromatic nitrogens is 1. The van der Waals surface area contributed by atoms with E-state index in [0.29, 0.717) is 0 Å². The molecule has 0 bridgehead atoms. The van der Waals surface area contributed by atoms with Crippen LogP contribution in [0.1, 0.15) is 12.8 Å². The Labute approximate surface area is 119 Å². The molecule has 1 aromatic rings. The average molecular weight is 275 g/mol. The van der Waals surface area contributed by atoms with Crippen LogP contribution in [0.2, 0.25) is 0 Å². The van der Waals surface area contributed by atoms with E-state index >= 15 is 0 Å². The third kappa shape index (κ3) is 3.42. The van der Waals surface area contributed by atoms with Gasteiger partial charge in [0, 0.05) is 13.1 Å². The van der Waals surface area contributed by atoms with Gasteiger partial charge in [0.15, 0.2) is 0 Å². The fourth-order valence-electron chi connectivity index (χ4n) is 2.44. The lowest BCUT2D eigenvalue weighted by Crippen LogP contribution is -2.36. The summed E-state index contributed by atoms with van der Waals surface area (Å²) in [6.07, 6.45) is 8.19. The summed E-state index contributed by atoms with van der Waals surface area (Å²) in [5.41, 5.74) is 1.04. The Morgan fingerprint density at radius 1 is 1.30 bits per heavy atom. The molecule has 1 saturated heterocycles. The van der Waals surface area contributed by atoms with E-state index in [1.54, 1.807) is 6.26 Å². The fraction of sp³-hybridized carbons (Fsp3) is 0.533. The summed E-state index contributed by atoms with van der Waals surface area (Å²) >= 11 is 0. The van der Waals surface area contributed by atoms with Gasteiger partial charge >= 0.3 is 0 Å². The lowest BCUT2D eigenvalue weighted by molar-refractivity contribution is 0.122. The molecule has 2 aliphatic heterocycles. The number of pyridine rings is 1. The SMILES string of the molecule is C1=COC(CNc2ccc(N3CCOCC3)nc2)CC1. The second kappa shape index (κ2) is 6.61. The van der Waals surface area contributed by atoms with Crippen LogP contribution in [0.15, 0.2) is 30.7 Å². The first kappa shape index (κ1) is 13.2. The van der Waals surface area contributed by atoms with Crippen molar-refractivity contribution in [2.75, 3.05) is 43.1 Å². The highest BCUT2D eigenvalue weighted by Gasteiger charge is 2.13. The number of hydrogen-bond donors (Lipinski definition) is 1. The van der Waals surface area contributed by atoms with Crippen molar-refractivity contribution < 1.29 is 9.47 Å². The fourth-order valence-corrected chi connectivity index (χ4v) is 2.44. The number of anilines is 2. The lowest BCUT2D eigenvalue weighted by atomic mass is 10.1. The first-order valence-corrected chi connectivity index (χ1v) is 7.25. The highest BCUT2D eigenvalue weighted by atomic mass is 16.5. The van der Waals surface area contributed by atoms with Crippen molar-refractivity contribution in [2.24, 2.45) is 0 Å². The van der Waals surface area contributed by atoms with E-state index in [1.807, 2.05) is 6.20 Å². The molecule has 2 aliphatic rings. The van der Waals surface area contributed by atoms with Crippen molar-refractivity contribution in [3.8, 4) is 0 Å². The standard InChI is InChI=1S/C15H21N3O2/c1-2-8-20-14(3-1)12-16-13-4-5-15(17-11-13)18-6-9-19-10-7-18/h2,4-5,8,11,14,16H,1,3,6-7,9-10,12H2. The summed E-state index contributed by atoms with van der Waals surface area (Å²) in [5, 5.41) is 3.38. The maximum absolute atomic E-state index is 5.53. The van der Waals surface area contributed by atoms with Gasteiger partial charge in [0.2, 0.25) is 0 Å². The zero-order valence-corrected chi connectivity index (χ0v) is 11.6. The number of rotatable bonds is 4. The third-order valence-corrected chi connectivity index (χ3v) is 3.64. The average Bonchev–Trinajstić information content (AvgIpc) is 2.55. The number of hydrogen-bond acceptors (Lipinski definition) is 5. The summed E-state index contributed by atoms with van der Waals surface area (Å²) in [6.45, 7) is 4.23. The van der Waals surface area contributed by atoms with Crippen LogP contribution in [-0.2, 0) is 9.47 Å². The summed E-state index contributed by atoms with van der Waals surface area (Å²) < 4.78 is 10.9. The molecule has 1 atom stereocenters. The Kier molecular flexibility index (Phi) is 4.38. The van der Waals surface area contributed by atoms with Gasteiger partial charge in [-0.15, -0.1) is 0 Å². The molecule has 1 N–H and O–H groups in total. The molecule has 1 fully saturated rings. The molecule has 108 valence electrons. The first-order valence-electron chi connectivity index (χ1n) is 7.25. The third-order valence-electron chi connectivity index (χ3n) is 3.64. The minimum atomic E-state index is 0.263. The zero-order chi connectivity index (χ0) is 13.6. The van der Waals surface area contributed by atoms with E-state index in [-0.39, 0.29) is 6.10 Å². The quantitative estimate of drug-likeness (QED) is 0.911. The molecule has 0 spiro atoms. The number of allylic oxidation sites excluding steroid dienone is 1. The normalized spacial score (nSPS) is 22.4. The van der Waals surface area contributed by atoms with Crippen LogP contribution < -0.4 is 10.2 Å². The van der Waals surface area contributed by atoms with Gasteiger partial charge in [0.25, 0.3) is 0 Å². The molecule has 0 radical (unpaired) electrons. The molecule has 3 rings (SSSR count). The topological polar surface area (TPSA) is 46.6 Å². The smallest absolute Gasteiger partial charge is 0.128 e. The van der Waals surface area contributed by atoms with Crippen LogP contribution >= 0.6 is 0 Å². The number of ether oxygens (including phenoxy) is 2. The van der Waals surface area contributed by atoms with Gasteiger partial charge in [-0.05, 0) is 31.1 Å². The van der Waals surface area contributed by atoms with E-state index in [9.17, 15) is 0 Å². The van der Waals surface area contributed by atoms with E-state index in [1.165, 1.54) is 0 Å². The Balaban J connectivity index is 1.51. The van der Waals surface area contributed by atoms with E-state index in [4.69, 9.17) is 9.47 Å². The van der Waals surface area contributed by atoms with Gasteiger partial charge < -0.3 is 19.7 Å². The molecule has 0 aromatic carbocycles. The van der Waals surface area contributed by atoms with Crippen LogP contribution in [-0.4, -0.2) is 43.9 Å². The maximum atomic E-state index is 5.53. The molecule has 0 aliphatic carbocycles. The minimum Gasteiger partial charge on any atom is -0.497 e. The number of nitrogens with one attached hydrogen (secondary N) is 1. The summed E-state index contributed by atoms with van der Waals surface area (Å²) in [7, 11) is 0. The maximum Gasteiger partial charge on any atom is 0.128 e. The molecule has 5 heteroatoms. The van der Waals surface area contributed by atoms with Gasteiger partial charge in [0.05, 0.1) is 37.9 Å². The van der Waals surface area contributed by atoms with Crippen molar-refractivity contribution in [3.05, 3.63) is 30.7 Å². The second-order valence-electron chi connectivity index (χ2n) is 5.09. The van der Waals surface area contributed by atoms with E-state index in [2.05, 4.69) is 33.4 Å². The molecule has 3 heterocycles. The molecular formula is C15H21N3O2. The summed E-state index contributed by atoms with van der Waals surface area (Å²) in [4.78, 5) is 6.77. The highest BCUT2D eigenvalue weighted by Crippen LogP contribution is 2.16. The monoisotopic (exact) mass is 275 g/mol. The molecule has 1 aromatic heterocycles. The van der Waals surface area contributed by atoms with E-state index < -0.39 is 0 Å². The zero-order valence-electron chi connectivity index (χ0n) is 11.6. The largest absolute Gasteiger partial charge is 0.497 e. The highest BCUT2D eigenvalue weighted by molar-refractivity contribution is 5.48. The number of morpholine rings is 1. The second-order valence-corrected chi connectivity index (χ2v) is 5.09. The minimum absolute atomic E-state index is 0.263. The van der Waals surface area contributed by atoms with Crippen molar-refractivity contribution >= 4 is 11.5 Å². The predicted molar refractivity (Wildman–Crippen MR) is 79.0 cm³/mol. The van der Waals surface area contributed by atoms with Crippen LogP contribution in [0, 0.1) is 0 Å². The summed E-state index contributed by atoms with van der Waals surface area (Å²) in [6, 6.07) is 4.14. The molecule has 20 heavy (non-hydrogen) atoms. The first-order chi connectivity index (χ1) is 9.92. The number of nitrogens with zero attached hydrogens (tertiary/aromatic N) is 2. The van der Waals surface area contributed by atoms with Gasteiger partial charge in [0.1, 0.15) is 11.9 Å². The lowest BCUT2D eigenvalue weighted by Gasteiger charge is -2.27. The summed E-state index contributed by atoms with van der Waals surface area (Å²) in [5.74, 6) is 1.02. The Hall–Kier alpha value is -1.75. The predicted octanol–water partition coefficient (Wildman–Crippen LogP) is 2.02. The van der Waals surface area contributed by atoms with Crippen molar-refractivity contribution in [2.45, 2.75) is 18.9 Å². The van der Waals surface area contributed by atoms with Crippen LogP contribution in [0.4, 0.5) is 11.5 Å². The van der Waals surface area contributed by atoms with Crippen molar-refractivity contribution in [1.29, 1.82) is 0 Å². The van der Waals surface area contributed by atoms with Crippen LogP contribution in [0.25, 0.3) is 0 Å². The van der Waals surface area contributed by atoms with E-state index in [0.717, 1.165) is 57.2 Å². The molecule has 1 unspecified atom stereocenters. The van der Waals surface area contributed by atoms with Crippen molar-refractivity contribution in [3.63, 3.8) is 0 Å². The van der Waals surface area contributed by atoms with Crippen LogP contribution in [0.3, 0.4) is 0 Å². The van der Waals surface area contributed by atoms with Gasteiger partial charge in [-0.25, -0.2) is 4.98 Å². The molecular weight excluding hydrogens is 254 g/mol. The van der Waals surface area contributed by atoms with Gasteiger partial charge in [-0.3, -0.25) is 0 Å². The Bertz CT molecular complexity index is 441. The molecule has 0 amide bonds. The molecule has 0 saturated carbocycles. The Morgan fingerprint density at radius 2 is 2.20 bits per heavy atom. The Morgan fingerprint density at radius 3 is 2.90 bits per heavy atom. The van der Waals surface area contributed by atoms with Crippen LogP contribution in [0.5, 0.6) is 0 Å². The van der Waals surface area contributed by atoms with Gasteiger partial charge in [-0.1, -0.05) is 0 Å².